The van der Waals surface area contributed by atoms with Crippen LogP contribution in [0.3, 0.4) is 0 Å². The molecule has 34 heavy (non-hydrogen) atoms. The Bertz CT molecular complexity index is 1530. The van der Waals surface area contributed by atoms with E-state index in [1.165, 1.54) is 29.1 Å². The maximum absolute atomic E-state index is 15.4. The molecule has 1 aliphatic rings. The predicted molar refractivity (Wildman–Crippen MR) is 126 cm³/mol. The minimum atomic E-state index is -0.890. The van der Waals surface area contributed by atoms with Crippen LogP contribution in [0.2, 0.25) is 5.02 Å². The highest BCUT2D eigenvalue weighted by molar-refractivity contribution is 6.30. The molecule has 0 radical (unpaired) electrons. The molecule has 4 aromatic rings. The topological polar surface area (TPSA) is 69.9 Å². The molecule has 0 N–H and O–H groups in total. The molecule has 3 aromatic heterocycles. The summed E-state index contributed by atoms with van der Waals surface area (Å²) in [6.07, 6.45) is 4.73. The number of fused-ring (bicyclic) bond motifs is 1. The quantitative estimate of drug-likeness (QED) is 0.372. The summed E-state index contributed by atoms with van der Waals surface area (Å²) in [5, 5.41) is 4.40. The second kappa shape index (κ2) is 8.61. The SMILES string of the molecule is Cc1cc2c(nc1C)c(=O)c(/C(F)=C/c1ccnc(OC3CC3)c1)nn2-c1ccc(Cl)cc1F. The zero-order valence-electron chi connectivity index (χ0n) is 18.3. The third-order valence-electron chi connectivity index (χ3n) is 5.53. The van der Waals surface area contributed by atoms with Gasteiger partial charge in [0.05, 0.1) is 5.52 Å². The highest BCUT2D eigenvalue weighted by Crippen LogP contribution is 2.27. The maximum Gasteiger partial charge on any atom is 0.236 e. The summed E-state index contributed by atoms with van der Waals surface area (Å²) in [4.78, 5) is 21.7. The van der Waals surface area contributed by atoms with E-state index in [-0.39, 0.29) is 27.8 Å². The number of benzene rings is 1. The van der Waals surface area contributed by atoms with Gasteiger partial charge >= 0.3 is 0 Å². The lowest BCUT2D eigenvalue weighted by Gasteiger charge is -2.13. The van der Waals surface area contributed by atoms with Crippen LogP contribution in [0.5, 0.6) is 5.88 Å². The first-order valence-corrected chi connectivity index (χ1v) is 11.0. The molecule has 6 nitrogen and oxygen atoms in total. The van der Waals surface area contributed by atoms with Crippen molar-refractivity contribution in [2.24, 2.45) is 0 Å². The number of rotatable bonds is 5. The molecule has 0 aliphatic heterocycles. The van der Waals surface area contributed by atoms with Crippen molar-refractivity contribution in [2.75, 3.05) is 0 Å². The molecular weight excluding hydrogens is 462 g/mol. The fraction of sp³-hybridized carbons (Fsp3) is 0.200. The lowest BCUT2D eigenvalue weighted by Crippen LogP contribution is -2.19. The molecule has 0 unspecified atom stereocenters. The normalized spacial score (nSPS) is 14.0. The molecule has 1 aromatic carbocycles. The summed E-state index contributed by atoms with van der Waals surface area (Å²) in [6.45, 7) is 3.56. The summed E-state index contributed by atoms with van der Waals surface area (Å²) >= 11 is 5.90. The zero-order chi connectivity index (χ0) is 24.0. The van der Waals surface area contributed by atoms with E-state index >= 15 is 4.39 Å². The van der Waals surface area contributed by atoms with E-state index < -0.39 is 22.8 Å². The fourth-order valence-electron chi connectivity index (χ4n) is 3.47. The summed E-state index contributed by atoms with van der Waals surface area (Å²) in [6, 6.07) is 8.88. The maximum atomic E-state index is 15.4. The second-order valence-electron chi connectivity index (χ2n) is 8.18. The molecule has 0 bridgehead atoms. The highest BCUT2D eigenvalue weighted by atomic mass is 35.5. The summed E-state index contributed by atoms with van der Waals surface area (Å²) in [5.41, 5.74) is 0.901. The Balaban J connectivity index is 1.69. The molecular formula is C25H19ClF2N4O2. The Morgan fingerprint density at radius 3 is 2.74 bits per heavy atom. The number of hydrogen-bond donors (Lipinski definition) is 0. The van der Waals surface area contributed by atoms with E-state index in [4.69, 9.17) is 16.3 Å². The number of aryl methyl sites for hydroxylation is 2. The molecule has 0 saturated heterocycles. The summed E-state index contributed by atoms with van der Waals surface area (Å²) in [7, 11) is 0. The fourth-order valence-corrected chi connectivity index (χ4v) is 3.63. The van der Waals surface area contributed by atoms with Crippen LogP contribution >= 0.6 is 11.6 Å². The summed E-state index contributed by atoms with van der Waals surface area (Å²) < 4.78 is 37.1. The third kappa shape index (κ3) is 4.28. The Labute approximate surface area is 198 Å². The van der Waals surface area contributed by atoms with E-state index in [0.717, 1.165) is 24.5 Å². The van der Waals surface area contributed by atoms with Crippen LogP contribution in [0.4, 0.5) is 8.78 Å². The number of ether oxygens (including phenoxy) is 1. The van der Waals surface area contributed by atoms with Gasteiger partial charge in [-0.3, -0.25) is 4.79 Å². The van der Waals surface area contributed by atoms with Gasteiger partial charge in [0, 0.05) is 23.0 Å². The van der Waals surface area contributed by atoms with Crippen LogP contribution in [-0.4, -0.2) is 25.9 Å². The van der Waals surface area contributed by atoms with Crippen molar-refractivity contribution in [3.8, 4) is 11.6 Å². The lowest BCUT2D eigenvalue weighted by molar-refractivity contribution is 0.291. The monoisotopic (exact) mass is 480 g/mol. The van der Waals surface area contributed by atoms with Gasteiger partial charge in [-0.05, 0) is 74.2 Å². The van der Waals surface area contributed by atoms with Gasteiger partial charge in [-0.25, -0.2) is 23.4 Å². The Hall–Kier alpha value is -3.65. The molecule has 1 fully saturated rings. The number of halogens is 3. The van der Waals surface area contributed by atoms with Crippen LogP contribution in [0, 0.1) is 19.7 Å². The van der Waals surface area contributed by atoms with Gasteiger partial charge in [0.2, 0.25) is 11.3 Å². The van der Waals surface area contributed by atoms with Crippen LogP contribution in [-0.2, 0) is 0 Å². The van der Waals surface area contributed by atoms with Crippen LogP contribution in [0.15, 0.2) is 47.4 Å². The smallest absolute Gasteiger partial charge is 0.236 e. The average Bonchev–Trinajstić information content (AvgIpc) is 3.60. The van der Waals surface area contributed by atoms with Crippen molar-refractivity contribution in [3.05, 3.63) is 86.2 Å². The van der Waals surface area contributed by atoms with E-state index in [1.54, 1.807) is 25.1 Å². The number of hydrogen-bond acceptors (Lipinski definition) is 5. The van der Waals surface area contributed by atoms with Crippen molar-refractivity contribution < 1.29 is 13.5 Å². The minimum absolute atomic E-state index is 0.0116. The van der Waals surface area contributed by atoms with E-state index in [9.17, 15) is 9.18 Å². The molecule has 9 heteroatoms. The first-order chi connectivity index (χ1) is 16.3. The van der Waals surface area contributed by atoms with Crippen molar-refractivity contribution >= 4 is 34.5 Å². The first kappa shape index (κ1) is 22.2. The van der Waals surface area contributed by atoms with Crippen molar-refractivity contribution in [2.45, 2.75) is 32.8 Å². The largest absolute Gasteiger partial charge is 0.474 e. The standard InChI is InChI=1S/C25H19ClF2N4O2/c1-13-9-21-24(30-14(13)2)25(33)23(31-32(21)20-6-3-16(26)12-18(20)27)19(28)10-15-7-8-29-22(11-15)34-17-4-5-17/h3,6-12,17H,4-5H2,1-2H3/b19-10-. The Morgan fingerprint density at radius 2 is 2.00 bits per heavy atom. The predicted octanol–water partition coefficient (Wildman–Crippen LogP) is 5.59. The molecule has 5 rings (SSSR count). The van der Waals surface area contributed by atoms with E-state index in [0.29, 0.717) is 17.1 Å². The lowest BCUT2D eigenvalue weighted by atomic mass is 10.1. The van der Waals surface area contributed by atoms with Gasteiger partial charge in [-0.1, -0.05) is 11.6 Å². The second-order valence-corrected chi connectivity index (χ2v) is 8.62. The molecule has 1 saturated carbocycles. The molecule has 0 amide bonds. The van der Waals surface area contributed by atoms with Gasteiger partial charge < -0.3 is 4.74 Å². The van der Waals surface area contributed by atoms with Gasteiger partial charge in [-0.15, -0.1) is 0 Å². The molecule has 3 heterocycles. The molecule has 1 aliphatic carbocycles. The highest BCUT2D eigenvalue weighted by Gasteiger charge is 2.24. The summed E-state index contributed by atoms with van der Waals surface area (Å²) in [5.74, 6) is -1.18. The molecule has 172 valence electrons. The Kier molecular flexibility index (Phi) is 5.61. The first-order valence-electron chi connectivity index (χ1n) is 10.7. The molecule has 0 atom stereocenters. The van der Waals surface area contributed by atoms with Gasteiger partial charge in [0.1, 0.15) is 23.1 Å². The number of pyridine rings is 2. The van der Waals surface area contributed by atoms with Crippen molar-refractivity contribution in [1.82, 2.24) is 19.7 Å². The van der Waals surface area contributed by atoms with Gasteiger partial charge in [-0.2, -0.15) is 5.10 Å². The van der Waals surface area contributed by atoms with E-state index in [1.807, 2.05) is 6.92 Å². The van der Waals surface area contributed by atoms with Gasteiger partial charge in [0.15, 0.2) is 11.5 Å². The average molecular weight is 481 g/mol. The van der Waals surface area contributed by atoms with Crippen LogP contribution in [0.25, 0.3) is 28.6 Å². The van der Waals surface area contributed by atoms with Gasteiger partial charge in [0.25, 0.3) is 0 Å². The van der Waals surface area contributed by atoms with Crippen LogP contribution < -0.4 is 10.2 Å². The van der Waals surface area contributed by atoms with Crippen molar-refractivity contribution in [1.29, 1.82) is 0 Å². The Morgan fingerprint density at radius 1 is 1.21 bits per heavy atom. The molecule has 0 spiro atoms. The van der Waals surface area contributed by atoms with Crippen molar-refractivity contribution in [3.63, 3.8) is 0 Å². The van der Waals surface area contributed by atoms with Crippen LogP contribution in [0.1, 0.15) is 35.4 Å². The van der Waals surface area contributed by atoms with E-state index in [2.05, 4.69) is 15.1 Å². The zero-order valence-corrected chi connectivity index (χ0v) is 19.1. The number of aromatic nitrogens is 4. The third-order valence-corrected chi connectivity index (χ3v) is 5.77. The minimum Gasteiger partial charge on any atom is -0.474 e. The number of nitrogens with zero attached hydrogens (tertiary/aromatic N) is 4.